The van der Waals surface area contributed by atoms with E-state index < -0.39 is 0 Å². The summed E-state index contributed by atoms with van der Waals surface area (Å²) in [7, 11) is 0. The average Bonchev–Trinajstić information content (AvgIpc) is 2.91. The lowest BCUT2D eigenvalue weighted by Gasteiger charge is -2.13. The molecule has 0 atom stereocenters. The standard InChI is InChI=1S/C13H22IN3/c1-2-6-13-12(14)11-17(15-13)10-5-9-16-7-3-4-8-16/h11H,2-10H2,1H3. The van der Waals surface area contributed by atoms with Crippen molar-refractivity contribution in [1.82, 2.24) is 14.7 Å². The van der Waals surface area contributed by atoms with Gasteiger partial charge in [0, 0.05) is 12.7 Å². The summed E-state index contributed by atoms with van der Waals surface area (Å²) in [5, 5.41) is 4.65. The Bertz CT molecular complexity index is 342. The lowest BCUT2D eigenvalue weighted by Crippen LogP contribution is -2.21. The third kappa shape index (κ3) is 3.95. The van der Waals surface area contributed by atoms with E-state index >= 15 is 0 Å². The quantitative estimate of drug-likeness (QED) is 0.738. The average molecular weight is 347 g/mol. The van der Waals surface area contributed by atoms with Crippen LogP contribution in [0.5, 0.6) is 0 Å². The molecule has 1 aliphatic heterocycles. The van der Waals surface area contributed by atoms with Gasteiger partial charge in [-0.1, -0.05) is 13.3 Å². The highest BCUT2D eigenvalue weighted by molar-refractivity contribution is 14.1. The molecule has 1 fully saturated rings. The van der Waals surface area contributed by atoms with Crippen LogP contribution in [-0.4, -0.2) is 34.3 Å². The third-order valence-electron chi connectivity index (χ3n) is 3.33. The Morgan fingerprint density at radius 1 is 1.29 bits per heavy atom. The minimum Gasteiger partial charge on any atom is -0.303 e. The van der Waals surface area contributed by atoms with Crippen molar-refractivity contribution >= 4 is 22.6 Å². The van der Waals surface area contributed by atoms with Crippen LogP contribution in [0.15, 0.2) is 6.20 Å². The van der Waals surface area contributed by atoms with E-state index in [0.29, 0.717) is 0 Å². The van der Waals surface area contributed by atoms with Crippen molar-refractivity contribution < 1.29 is 0 Å². The van der Waals surface area contributed by atoms with Crippen LogP contribution in [-0.2, 0) is 13.0 Å². The Kier molecular flexibility index (Phi) is 5.28. The Morgan fingerprint density at radius 3 is 2.76 bits per heavy atom. The molecule has 2 rings (SSSR count). The van der Waals surface area contributed by atoms with Crippen LogP contribution < -0.4 is 0 Å². The molecule has 1 saturated heterocycles. The molecule has 1 aromatic heterocycles. The molecular weight excluding hydrogens is 325 g/mol. The molecule has 0 aliphatic carbocycles. The first kappa shape index (κ1) is 13.3. The molecule has 3 nitrogen and oxygen atoms in total. The lowest BCUT2D eigenvalue weighted by molar-refractivity contribution is 0.322. The highest BCUT2D eigenvalue weighted by atomic mass is 127. The van der Waals surface area contributed by atoms with Gasteiger partial charge in [0.05, 0.1) is 9.26 Å². The van der Waals surface area contributed by atoms with Crippen molar-refractivity contribution in [3.05, 3.63) is 15.5 Å². The second-order valence-electron chi connectivity index (χ2n) is 4.84. The van der Waals surface area contributed by atoms with Gasteiger partial charge in [-0.25, -0.2) is 0 Å². The molecular formula is C13H22IN3. The summed E-state index contributed by atoms with van der Waals surface area (Å²) < 4.78 is 3.45. The van der Waals surface area contributed by atoms with Crippen LogP contribution in [0.2, 0.25) is 0 Å². The predicted octanol–water partition coefficient (Wildman–Crippen LogP) is 2.93. The first-order chi connectivity index (χ1) is 8.29. The molecule has 2 heterocycles. The van der Waals surface area contributed by atoms with Crippen molar-refractivity contribution in [2.75, 3.05) is 19.6 Å². The Labute approximate surface area is 118 Å². The van der Waals surface area contributed by atoms with Gasteiger partial charge in [0.2, 0.25) is 0 Å². The second kappa shape index (κ2) is 6.73. The van der Waals surface area contributed by atoms with E-state index in [4.69, 9.17) is 0 Å². The summed E-state index contributed by atoms with van der Waals surface area (Å²) in [5.41, 5.74) is 1.27. The topological polar surface area (TPSA) is 21.1 Å². The molecule has 0 aromatic carbocycles. The van der Waals surface area contributed by atoms with Gasteiger partial charge < -0.3 is 4.90 Å². The summed E-state index contributed by atoms with van der Waals surface area (Å²) in [6.45, 7) is 7.12. The zero-order valence-electron chi connectivity index (χ0n) is 10.7. The summed E-state index contributed by atoms with van der Waals surface area (Å²) in [4.78, 5) is 2.57. The van der Waals surface area contributed by atoms with Gasteiger partial charge in [0.25, 0.3) is 0 Å². The maximum Gasteiger partial charge on any atom is 0.0757 e. The minimum absolute atomic E-state index is 1.07. The summed E-state index contributed by atoms with van der Waals surface area (Å²) in [5.74, 6) is 0. The van der Waals surface area contributed by atoms with E-state index in [1.165, 1.54) is 54.6 Å². The number of hydrogen-bond donors (Lipinski definition) is 0. The smallest absolute Gasteiger partial charge is 0.0757 e. The van der Waals surface area contributed by atoms with Gasteiger partial charge in [0.1, 0.15) is 0 Å². The van der Waals surface area contributed by atoms with E-state index in [1.54, 1.807) is 0 Å². The Balaban J connectivity index is 1.76. The maximum absolute atomic E-state index is 4.65. The summed E-state index contributed by atoms with van der Waals surface area (Å²) >= 11 is 2.40. The molecule has 1 aliphatic rings. The monoisotopic (exact) mass is 347 g/mol. The third-order valence-corrected chi connectivity index (χ3v) is 4.24. The van der Waals surface area contributed by atoms with Crippen LogP contribution in [0.25, 0.3) is 0 Å². The van der Waals surface area contributed by atoms with E-state index in [0.717, 1.165) is 13.0 Å². The van der Waals surface area contributed by atoms with Crippen LogP contribution in [0, 0.1) is 3.57 Å². The lowest BCUT2D eigenvalue weighted by atomic mass is 10.3. The molecule has 0 radical (unpaired) electrons. The van der Waals surface area contributed by atoms with E-state index in [2.05, 4.69) is 50.4 Å². The number of hydrogen-bond acceptors (Lipinski definition) is 2. The van der Waals surface area contributed by atoms with E-state index in [9.17, 15) is 0 Å². The first-order valence-corrected chi connectivity index (χ1v) is 7.81. The molecule has 0 amide bonds. The van der Waals surface area contributed by atoms with Crippen molar-refractivity contribution in [2.24, 2.45) is 0 Å². The van der Waals surface area contributed by atoms with Gasteiger partial charge in [-0.15, -0.1) is 0 Å². The van der Waals surface area contributed by atoms with Crippen molar-refractivity contribution in [2.45, 2.75) is 45.6 Å². The molecule has 0 unspecified atom stereocenters. The normalized spacial score (nSPS) is 16.8. The van der Waals surface area contributed by atoms with E-state index in [-0.39, 0.29) is 0 Å². The van der Waals surface area contributed by atoms with Crippen LogP contribution in [0.3, 0.4) is 0 Å². The van der Waals surface area contributed by atoms with Crippen LogP contribution in [0.1, 0.15) is 38.3 Å². The van der Waals surface area contributed by atoms with Crippen LogP contribution in [0.4, 0.5) is 0 Å². The number of likely N-dealkylation sites (tertiary alicyclic amines) is 1. The van der Waals surface area contributed by atoms with Gasteiger partial charge in [-0.2, -0.15) is 5.10 Å². The number of rotatable bonds is 6. The Hall–Kier alpha value is -0.100. The summed E-state index contributed by atoms with van der Waals surface area (Å²) in [6, 6.07) is 0. The highest BCUT2D eigenvalue weighted by Gasteiger charge is 2.11. The molecule has 1 aromatic rings. The zero-order valence-corrected chi connectivity index (χ0v) is 12.8. The van der Waals surface area contributed by atoms with E-state index in [1.807, 2.05) is 0 Å². The highest BCUT2D eigenvalue weighted by Crippen LogP contribution is 2.13. The molecule has 0 bridgehead atoms. The molecule has 0 saturated carbocycles. The fourth-order valence-electron chi connectivity index (χ4n) is 2.42. The van der Waals surface area contributed by atoms with Crippen molar-refractivity contribution in [3.8, 4) is 0 Å². The maximum atomic E-state index is 4.65. The van der Waals surface area contributed by atoms with Crippen LogP contribution >= 0.6 is 22.6 Å². The van der Waals surface area contributed by atoms with Gasteiger partial charge in [0.15, 0.2) is 0 Å². The molecule has 0 N–H and O–H groups in total. The second-order valence-corrected chi connectivity index (χ2v) is 6.00. The number of aryl methyl sites for hydroxylation is 2. The fraction of sp³-hybridized carbons (Fsp3) is 0.769. The molecule has 4 heteroatoms. The van der Waals surface area contributed by atoms with Gasteiger partial charge >= 0.3 is 0 Å². The summed E-state index contributed by atoms with van der Waals surface area (Å²) in [6.07, 6.45) is 8.48. The van der Waals surface area contributed by atoms with Gasteiger partial charge in [-0.3, -0.25) is 4.68 Å². The van der Waals surface area contributed by atoms with Crippen molar-refractivity contribution in [1.29, 1.82) is 0 Å². The largest absolute Gasteiger partial charge is 0.303 e. The first-order valence-electron chi connectivity index (χ1n) is 6.74. The Morgan fingerprint density at radius 2 is 2.06 bits per heavy atom. The predicted molar refractivity (Wildman–Crippen MR) is 79.2 cm³/mol. The number of nitrogens with zero attached hydrogens (tertiary/aromatic N) is 3. The minimum atomic E-state index is 1.07. The molecule has 0 spiro atoms. The van der Waals surface area contributed by atoms with Gasteiger partial charge in [-0.05, 0) is 67.9 Å². The molecule has 96 valence electrons. The SMILES string of the molecule is CCCc1nn(CCCN2CCCC2)cc1I. The fourth-order valence-corrected chi connectivity index (χ4v) is 3.12. The number of halogens is 1. The molecule has 17 heavy (non-hydrogen) atoms. The van der Waals surface area contributed by atoms with Crippen molar-refractivity contribution in [3.63, 3.8) is 0 Å². The zero-order chi connectivity index (χ0) is 12.1. The number of aromatic nitrogens is 2.